The van der Waals surface area contributed by atoms with Gasteiger partial charge in [0, 0.05) is 11.4 Å². The molecular weight excluding hydrogens is 298 g/mol. The normalized spacial score (nSPS) is 10.9. The second kappa shape index (κ2) is 7.98. The van der Waals surface area contributed by atoms with Crippen molar-refractivity contribution < 1.29 is 9.32 Å². The van der Waals surface area contributed by atoms with Gasteiger partial charge in [-0.05, 0) is 31.4 Å². The Balaban J connectivity index is 1.98. The minimum Gasteiger partial charge on any atom is -0.352 e. The second-order valence-corrected chi connectivity index (χ2v) is 6.48. The minimum absolute atomic E-state index is 0.0366. The number of amides is 1. The van der Waals surface area contributed by atoms with Crippen LogP contribution in [-0.4, -0.2) is 22.6 Å². The third-order valence-electron chi connectivity index (χ3n) is 3.06. The molecule has 5 nitrogen and oxygen atoms in total. The molecule has 2 rings (SSSR count). The number of thioether (sulfide) groups is 1. The van der Waals surface area contributed by atoms with E-state index in [1.54, 1.807) is 6.92 Å². The maximum Gasteiger partial charge on any atom is 0.252 e. The van der Waals surface area contributed by atoms with E-state index in [0.29, 0.717) is 35.5 Å². The molecule has 0 spiro atoms. The maximum atomic E-state index is 12.3. The Hall–Kier alpha value is -1.82. The highest BCUT2D eigenvalue weighted by Crippen LogP contribution is 2.25. The Morgan fingerprint density at radius 2 is 2.14 bits per heavy atom. The molecule has 0 unspecified atom stereocenters. The van der Waals surface area contributed by atoms with Crippen LogP contribution in [0.3, 0.4) is 0 Å². The first-order chi connectivity index (χ1) is 10.6. The molecule has 1 aromatic carbocycles. The molecule has 0 fully saturated rings. The zero-order valence-corrected chi connectivity index (χ0v) is 13.9. The van der Waals surface area contributed by atoms with Crippen molar-refractivity contribution in [2.75, 3.05) is 6.54 Å². The number of carbonyl (C=O) groups excluding carboxylic acids is 1. The summed E-state index contributed by atoms with van der Waals surface area (Å²) in [6.45, 7) is 6.76. The third kappa shape index (κ3) is 4.87. The van der Waals surface area contributed by atoms with E-state index in [4.69, 9.17) is 4.52 Å². The summed E-state index contributed by atoms with van der Waals surface area (Å²) in [6.07, 6.45) is 0.975. The Morgan fingerprint density at radius 1 is 1.36 bits per heavy atom. The van der Waals surface area contributed by atoms with E-state index in [2.05, 4.69) is 29.3 Å². The molecule has 1 aromatic heterocycles. The van der Waals surface area contributed by atoms with Gasteiger partial charge in [-0.15, -0.1) is 11.8 Å². The van der Waals surface area contributed by atoms with Crippen LogP contribution in [0, 0.1) is 12.8 Å². The number of carbonyl (C=O) groups is 1. The molecule has 0 radical (unpaired) electrons. The predicted octanol–water partition coefficient (Wildman–Crippen LogP) is 3.45. The molecule has 0 saturated carbocycles. The second-order valence-electron chi connectivity index (χ2n) is 5.46. The molecule has 22 heavy (non-hydrogen) atoms. The summed E-state index contributed by atoms with van der Waals surface area (Å²) in [5, 5.41) is 6.73. The van der Waals surface area contributed by atoms with Crippen LogP contribution in [0.1, 0.15) is 42.3 Å². The Labute approximate surface area is 134 Å². The van der Waals surface area contributed by atoms with Crippen LogP contribution in [-0.2, 0) is 5.75 Å². The standard InChI is InChI=1S/C16H21N3O2S/c1-11(2)8-9-17-16(20)13-6-4-5-7-14(13)22-10-15-18-12(3)19-21-15/h4-7,11H,8-10H2,1-3H3,(H,17,20). The number of hydrogen-bond acceptors (Lipinski definition) is 5. The highest BCUT2D eigenvalue weighted by Gasteiger charge is 2.12. The summed E-state index contributed by atoms with van der Waals surface area (Å²) in [6, 6.07) is 7.57. The van der Waals surface area contributed by atoms with Crippen molar-refractivity contribution in [3.8, 4) is 0 Å². The fourth-order valence-corrected chi connectivity index (χ4v) is 2.78. The SMILES string of the molecule is Cc1noc(CSc2ccccc2C(=O)NCCC(C)C)n1. The van der Waals surface area contributed by atoms with Crippen molar-refractivity contribution in [2.24, 2.45) is 5.92 Å². The number of aromatic nitrogens is 2. The van der Waals surface area contributed by atoms with Gasteiger partial charge in [-0.25, -0.2) is 0 Å². The number of nitrogens with zero attached hydrogens (tertiary/aromatic N) is 2. The summed E-state index contributed by atoms with van der Waals surface area (Å²) >= 11 is 1.52. The van der Waals surface area contributed by atoms with Gasteiger partial charge in [-0.2, -0.15) is 4.98 Å². The van der Waals surface area contributed by atoms with Crippen molar-refractivity contribution >= 4 is 17.7 Å². The lowest BCUT2D eigenvalue weighted by Crippen LogP contribution is -2.25. The lowest BCUT2D eigenvalue weighted by Gasteiger charge is -2.10. The van der Waals surface area contributed by atoms with Crippen molar-refractivity contribution in [3.05, 3.63) is 41.5 Å². The van der Waals surface area contributed by atoms with E-state index in [0.717, 1.165) is 11.3 Å². The fraction of sp³-hybridized carbons (Fsp3) is 0.438. The summed E-state index contributed by atoms with van der Waals surface area (Å²) in [5.41, 5.74) is 0.687. The number of rotatable bonds is 7. The maximum absolute atomic E-state index is 12.3. The monoisotopic (exact) mass is 319 g/mol. The van der Waals surface area contributed by atoms with Crippen LogP contribution in [0.15, 0.2) is 33.7 Å². The first kappa shape index (κ1) is 16.5. The van der Waals surface area contributed by atoms with E-state index in [1.165, 1.54) is 11.8 Å². The number of nitrogens with one attached hydrogen (secondary N) is 1. The average molecular weight is 319 g/mol. The number of aryl methyl sites for hydroxylation is 1. The topological polar surface area (TPSA) is 68.0 Å². The molecule has 2 aromatic rings. The van der Waals surface area contributed by atoms with Crippen LogP contribution in [0.4, 0.5) is 0 Å². The third-order valence-corrected chi connectivity index (χ3v) is 4.12. The summed E-state index contributed by atoms with van der Waals surface area (Å²) in [7, 11) is 0. The number of hydrogen-bond donors (Lipinski definition) is 1. The predicted molar refractivity (Wildman–Crippen MR) is 86.8 cm³/mol. The largest absolute Gasteiger partial charge is 0.352 e. The minimum atomic E-state index is -0.0366. The molecule has 0 bridgehead atoms. The van der Waals surface area contributed by atoms with E-state index < -0.39 is 0 Å². The quantitative estimate of drug-likeness (QED) is 0.792. The van der Waals surface area contributed by atoms with Gasteiger partial charge in [0.2, 0.25) is 5.89 Å². The molecule has 118 valence electrons. The van der Waals surface area contributed by atoms with Crippen molar-refractivity contribution in [1.82, 2.24) is 15.5 Å². The van der Waals surface area contributed by atoms with E-state index >= 15 is 0 Å². The van der Waals surface area contributed by atoms with Gasteiger partial charge in [0.1, 0.15) is 0 Å². The molecule has 1 amide bonds. The van der Waals surface area contributed by atoms with Gasteiger partial charge in [0.05, 0.1) is 11.3 Å². The first-order valence-corrected chi connectivity index (χ1v) is 8.34. The summed E-state index contributed by atoms with van der Waals surface area (Å²) < 4.78 is 5.10. The lowest BCUT2D eigenvalue weighted by molar-refractivity contribution is 0.0949. The molecule has 1 heterocycles. The van der Waals surface area contributed by atoms with Gasteiger partial charge in [0.25, 0.3) is 5.91 Å². The molecule has 0 aliphatic heterocycles. The molecule has 1 N–H and O–H groups in total. The molecule has 0 aliphatic rings. The molecule has 6 heteroatoms. The van der Waals surface area contributed by atoms with Gasteiger partial charge in [-0.3, -0.25) is 4.79 Å². The van der Waals surface area contributed by atoms with Crippen LogP contribution >= 0.6 is 11.8 Å². The Bertz CT molecular complexity index is 625. The van der Waals surface area contributed by atoms with Gasteiger partial charge in [-0.1, -0.05) is 31.1 Å². The summed E-state index contributed by atoms with van der Waals surface area (Å²) in [4.78, 5) is 17.4. The van der Waals surface area contributed by atoms with Crippen LogP contribution in [0.25, 0.3) is 0 Å². The van der Waals surface area contributed by atoms with Crippen LogP contribution in [0.2, 0.25) is 0 Å². The lowest BCUT2D eigenvalue weighted by atomic mass is 10.1. The van der Waals surface area contributed by atoms with E-state index in [-0.39, 0.29) is 5.91 Å². The first-order valence-electron chi connectivity index (χ1n) is 7.35. The van der Waals surface area contributed by atoms with Crippen LogP contribution in [0.5, 0.6) is 0 Å². The molecular formula is C16H21N3O2S. The van der Waals surface area contributed by atoms with Crippen LogP contribution < -0.4 is 5.32 Å². The Kier molecular flexibility index (Phi) is 6.00. The smallest absolute Gasteiger partial charge is 0.252 e. The highest BCUT2D eigenvalue weighted by molar-refractivity contribution is 7.98. The fourth-order valence-electron chi connectivity index (χ4n) is 1.89. The van der Waals surface area contributed by atoms with Crippen molar-refractivity contribution in [1.29, 1.82) is 0 Å². The van der Waals surface area contributed by atoms with Crippen molar-refractivity contribution in [2.45, 2.75) is 37.8 Å². The van der Waals surface area contributed by atoms with Gasteiger partial charge >= 0.3 is 0 Å². The molecule has 0 atom stereocenters. The molecule has 0 aliphatic carbocycles. The van der Waals surface area contributed by atoms with Gasteiger partial charge < -0.3 is 9.84 Å². The average Bonchev–Trinajstić information content (AvgIpc) is 2.90. The Morgan fingerprint density at radius 3 is 2.82 bits per heavy atom. The highest BCUT2D eigenvalue weighted by atomic mass is 32.2. The van der Waals surface area contributed by atoms with E-state index in [9.17, 15) is 4.79 Å². The van der Waals surface area contributed by atoms with E-state index in [1.807, 2.05) is 24.3 Å². The summed E-state index contributed by atoms with van der Waals surface area (Å²) in [5.74, 6) is 2.28. The zero-order chi connectivity index (χ0) is 15.9. The molecule has 0 saturated heterocycles. The zero-order valence-electron chi connectivity index (χ0n) is 13.1. The number of benzene rings is 1. The van der Waals surface area contributed by atoms with Gasteiger partial charge in [0.15, 0.2) is 5.82 Å². The van der Waals surface area contributed by atoms with Crippen molar-refractivity contribution in [3.63, 3.8) is 0 Å².